The van der Waals surface area contributed by atoms with E-state index in [4.69, 9.17) is 4.74 Å². The fraction of sp³-hybridized carbons (Fsp3) is 0.346. The molecule has 0 bridgehead atoms. The molecule has 0 aliphatic rings. The lowest BCUT2D eigenvalue weighted by molar-refractivity contribution is 0.0636. The van der Waals surface area contributed by atoms with E-state index in [-0.39, 0.29) is 16.6 Å². The number of rotatable bonds is 6. The minimum atomic E-state index is -0.779. The zero-order valence-electron chi connectivity index (χ0n) is 20.7. The van der Waals surface area contributed by atoms with E-state index in [1.165, 1.54) is 10.6 Å². The Morgan fingerprint density at radius 1 is 1.08 bits per heavy atom. The lowest BCUT2D eigenvalue weighted by Crippen LogP contribution is -2.44. The molecule has 10 heteroatoms. The molecule has 3 rings (SSSR count). The number of ether oxygens (including phenoxy) is 1. The Morgan fingerprint density at radius 3 is 2.19 bits per heavy atom. The minimum Gasteiger partial charge on any atom is -0.444 e. The monoisotopic (exact) mass is 563 g/mol. The maximum atomic E-state index is 14.4. The van der Waals surface area contributed by atoms with Gasteiger partial charge in [-0.3, -0.25) is 19.2 Å². The molecule has 3 aromatic rings. The number of amides is 1. The van der Waals surface area contributed by atoms with Crippen molar-refractivity contribution in [2.24, 2.45) is 0 Å². The van der Waals surface area contributed by atoms with Gasteiger partial charge >= 0.3 is 11.8 Å². The summed E-state index contributed by atoms with van der Waals surface area (Å²) in [7, 11) is 0. The van der Waals surface area contributed by atoms with Crippen molar-refractivity contribution < 1.29 is 18.3 Å². The summed E-state index contributed by atoms with van der Waals surface area (Å²) in [4.78, 5) is 38.7. The fourth-order valence-corrected chi connectivity index (χ4v) is 4.47. The lowest BCUT2D eigenvalue weighted by atomic mass is 10.1. The fourth-order valence-electron chi connectivity index (χ4n) is 3.79. The molecule has 1 atom stereocenters. The number of nitrogens with zero attached hydrogens (tertiary/aromatic N) is 2. The molecular weight excluding hydrogens is 536 g/mol. The Labute approximate surface area is 215 Å². The third kappa shape index (κ3) is 5.92. The zero-order valence-corrected chi connectivity index (χ0v) is 22.3. The second-order valence-electron chi connectivity index (χ2n) is 9.28. The van der Waals surface area contributed by atoms with Gasteiger partial charge in [-0.1, -0.05) is 25.1 Å². The van der Waals surface area contributed by atoms with Crippen molar-refractivity contribution in [2.45, 2.75) is 59.2 Å². The summed E-state index contributed by atoms with van der Waals surface area (Å²) >= 11 is 3.29. The Hall–Kier alpha value is -3.27. The van der Waals surface area contributed by atoms with Gasteiger partial charge in [0.05, 0.1) is 12.6 Å². The zero-order chi connectivity index (χ0) is 26.8. The molecule has 0 saturated heterocycles. The van der Waals surface area contributed by atoms with E-state index in [1.54, 1.807) is 58.9 Å². The highest BCUT2D eigenvalue weighted by molar-refractivity contribution is 9.10. The van der Waals surface area contributed by atoms with Crippen molar-refractivity contribution in [3.8, 4) is 0 Å². The molecule has 1 N–H and O–H groups in total. The molecule has 1 heterocycles. The van der Waals surface area contributed by atoms with Crippen LogP contribution in [-0.2, 0) is 17.7 Å². The van der Waals surface area contributed by atoms with Crippen LogP contribution < -0.4 is 16.6 Å². The van der Waals surface area contributed by atoms with Crippen molar-refractivity contribution in [3.63, 3.8) is 0 Å². The quantitative estimate of drug-likeness (QED) is 0.422. The molecule has 192 valence electrons. The number of carbonyl (C=O) groups is 1. The van der Waals surface area contributed by atoms with Crippen LogP contribution in [0.2, 0.25) is 0 Å². The molecule has 0 aliphatic heterocycles. The van der Waals surface area contributed by atoms with Gasteiger partial charge in [0, 0.05) is 16.9 Å². The van der Waals surface area contributed by atoms with Crippen LogP contribution in [0.4, 0.5) is 19.3 Å². The number of anilines is 1. The highest BCUT2D eigenvalue weighted by Crippen LogP contribution is 2.22. The number of hydrogen-bond donors (Lipinski definition) is 1. The van der Waals surface area contributed by atoms with Gasteiger partial charge in [0.2, 0.25) is 0 Å². The average Bonchev–Trinajstić information content (AvgIpc) is 2.79. The smallest absolute Gasteiger partial charge is 0.412 e. The molecule has 1 amide bonds. The van der Waals surface area contributed by atoms with Crippen LogP contribution in [0.1, 0.15) is 57.5 Å². The van der Waals surface area contributed by atoms with Crippen LogP contribution in [-0.4, -0.2) is 20.8 Å². The van der Waals surface area contributed by atoms with Crippen LogP contribution >= 0.6 is 15.9 Å². The number of carbonyl (C=O) groups excluding carboxylic acids is 1. The van der Waals surface area contributed by atoms with Gasteiger partial charge in [0.1, 0.15) is 21.7 Å². The summed E-state index contributed by atoms with van der Waals surface area (Å²) in [5, 5.41) is 2.62. The molecule has 36 heavy (non-hydrogen) atoms. The third-order valence-corrected chi connectivity index (χ3v) is 6.36. The molecule has 0 spiro atoms. The minimum absolute atomic E-state index is 0.149. The van der Waals surface area contributed by atoms with Crippen LogP contribution in [0, 0.1) is 11.6 Å². The van der Waals surface area contributed by atoms with E-state index in [9.17, 15) is 23.2 Å². The summed E-state index contributed by atoms with van der Waals surface area (Å²) in [6, 6.07) is 9.38. The van der Waals surface area contributed by atoms with Gasteiger partial charge in [0.15, 0.2) is 0 Å². The number of hydrogen-bond acceptors (Lipinski definition) is 4. The van der Waals surface area contributed by atoms with Gasteiger partial charge in [0.25, 0.3) is 5.56 Å². The van der Waals surface area contributed by atoms with E-state index < -0.39 is 40.6 Å². The first-order valence-electron chi connectivity index (χ1n) is 11.4. The largest absolute Gasteiger partial charge is 0.444 e. The predicted molar refractivity (Wildman–Crippen MR) is 138 cm³/mol. The summed E-state index contributed by atoms with van der Waals surface area (Å²) in [5.41, 5.74) is -0.726. The van der Waals surface area contributed by atoms with E-state index in [0.717, 1.165) is 16.7 Å². The number of nitrogens with one attached hydrogen (secondary N) is 1. The highest BCUT2D eigenvalue weighted by atomic mass is 79.9. The molecule has 0 radical (unpaired) electrons. The second-order valence-corrected chi connectivity index (χ2v) is 10.1. The van der Waals surface area contributed by atoms with Gasteiger partial charge in [-0.2, -0.15) is 0 Å². The second kappa shape index (κ2) is 10.8. The Balaban J connectivity index is 2.00. The molecule has 0 saturated carbocycles. The van der Waals surface area contributed by atoms with Crippen molar-refractivity contribution in [1.82, 2.24) is 9.13 Å². The molecule has 0 fully saturated rings. The van der Waals surface area contributed by atoms with Crippen LogP contribution in [0.25, 0.3) is 0 Å². The summed E-state index contributed by atoms with van der Waals surface area (Å²) < 4.78 is 36.3. The van der Waals surface area contributed by atoms with Crippen molar-refractivity contribution >= 4 is 27.7 Å². The van der Waals surface area contributed by atoms with Crippen LogP contribution in [0.15, 0.2) is 56.5 Å². The summed E-state index contributed by atoms with van der Waals surface area (Å²) in [6.45, 7) is 8.31. The molecule has 1 aromatic heterocycles. The normalized spacial score (nSPS) is 12.3. The van der Waals surface area contributed by atoms with E-state index in [2.05, 4.69) is 21.2 Å². The third-order valence-electron chi connectivity index (χ3n) is 5.56. The first-order chi connectivity index (χ1) is 16.8. The highest BCUT2D eigenvalue weighted by Gasteiger charge is 2.23. The lowest BCUT2D eigenvalue weighted by Gasteiger charge is -2.21. The van der Waals surface area contributed by atoms with E-state index >= 15 is 0 Å². The van der Waals surface area contributed by atoms with Crippen molar-refractivity contribution in [1.29, 1.82) is 0 Å². The van der Waals surface area contributed by atoms with Gasteiger partial charge in [-0.15, -0.1) is 0 Å². The molecule has 0 aliphatic carbocycles. The molecule has 7 nitrogen and oxygen atoms in total. The topological polar surface area (TPSA) is 82.3 Å². The van der Waals surface area contributed by atoms with E-state index in [1.807, 2.05) is 0 Å². The Bertz CT molecular complexity index is 1370. The number of benzene rings is 2. The van der Waals surface area contributed by atoms with Gasteiger partial charge in [-0.25, -0.2) is 18.4 Å². The van der Waals surface area contributed by atoms with E-state index in [0.29, 0.717) is 23.4 Å². The summed E-state index contributed by atoms with van der Waals surface area (Å²) in [5.74, 6) is -1.56. The number of aromatic nitrogens is 2. The first-order valence-corrected chi connectivity index (χ1v) is 12.2. The van der Waals surface area contributed by atoms with Gasteiger partial charge in [-0.05, 0) is 79.9 Å². The van der Waals surface area contributed by atoms with Crippen LogP contribution in [0.3, 0.4) is 0 Å². The maximum absolute atomic E-state index is 14.4. The predicted octanol–water partition coefficient (Wildman–Crippen LogP) is 5.62. The first kappa shape index (κ1) is 27.3. The summed E-state index contributed by atoms with van der Waals surface area (Å²) in [6.07, 6.45) is -0.316. The number of halogens is 3. The molecule has 0 unspecified atom stereocenters. The Morgan fingerprint density at radius 2 is 1.67 bits per heavy atom. The van der Waals surface area contributed by atoms with Crippen LogP contribution in [0.5, 0.6) is 0 Å². The van der Waals surface area contributed by atoms with Gasteiger partial charge < -0.3 is 4.74 Å². The average molecular weight is 564 g/mol. The SMILES string of the molecule is CCc1c(Br)c(=O)n([C@H](C)c2ccc(NC(=O)OC(C)(C)C)cc2)c(=O)n1Cc1c(F)cccc1F. The molecule has 2 aromatic carbocycles. The standard InChI is InChI=1S/C26H28BrF2N3O4/c1-6-21-22(27)23(33)32(25(35)31(21)14-18-19(28)8-7-9-20(18)29)15(2)16-10-12-17(13-11-16)30-24(34)36-26(3,4)5/h7-13,15H,6,14H2,1-5H3,(H,30,34)/t15-/m1/s1. The Kier molecular flexibility index (Phi) is 8.18. The maximum Gasteiger partial charge on any atom is 0.412 e. The van der Waals surface area contributed by atoms with Crippen molar-refractivity contribution in [3.05, 3.63) is 96.2 Å². The van der Waals surface area contributed by atoms with Crippen molar-refractivity contribution in [2.75, 3.05) is 5.32 Å². The molecular formula is C26H28BrF2N3O4.